The summed E-state index contributed by atoms with van der Waals surface area (Å²) in [4.78, 5) is 29.1. The average molecular weight is 388 g/mol. The molecule has 1 atom stereocenters. The van der Waals surface area contributed by atoms with Crippen molar-refractivity contribution in [3.63, 3.8) is 0 Å². The largest absolute Gasteiger partial charge is 0.482 e. The van der Waals surface area contributed by atoms with Crippen LogP contribution < -0.4 is 10.1 Å². The van der Waals surface area contributed by atoms with Gasteiger partial charge >= 0.3 is 0 Å². The molecule has 7 heteroatoms. The molecule has 2 aromatic rings. The summed E-state index contributed by atoms with van der Waals surface area (Å²) >= 11 is 1.48. The van der Waals surface area contributed by atoms with Gasteiger partial charge in [0.15, 0.2) is 17.5 Å². The van der Waals surface area contributed by atoms with Crippen LogP contribution in [-0.4, -0.2) is 33.1 Å². The Morgan fingerprint density at radius 3 is 2.93 bits per heavy atom. The first-order valence-corrected chi connectivity index (χ1v) is 10.1. The number of fused-ring (bicyclic) bond motifs is 1. The highest BCUT2D eigenvalue weighted by Crippen LogP contribution is 2.31. The zero-order chi connectivity index (χ0) is 19.6. The number of anilines is 1. The van der Waals surface area contributed by atoms with Crippen LogP contribution in [0.4, 0.5) is 5.69 Å². The SMILES string of the molecule is CCCCn1c(SC(C)C(=O)c2ccc3c(c2)NC(=O)CO3)nc(C)c1C. The number of nitrogens with zero attached hydrogens (tertiary/aromatic N) is 2. The molecule has 1 aromatic carbocycles. The molecule has 1 N–H and O–H groups in total. The number of unbranched alkanes of at least 4 members (excludes halogenated alkanes) is 1. The van der Waals surface area contributed by atoms with Crippen LogP contribution in [0.1, 0.15) is 48.4 Å². The van der Waals surface area contributed by atoms with Crippen molar-refractivity contribution >= 4 is 29.1 Å². The normalized spacial score (nSPS) is 14.3. The predicted molar refractivity (Wildman–Crippen MR) is 107 cm³/mol. The lowest BCUT2D eigenvalue weighted by Crippen LogP contribution is -2.25. The molecule has 3 rings (SSSR count). The van der Waals surface area contributed by atoms with Gasteiger partial charge in [-0.2, -0.15) is 0 Å². The van der Waals surface area contributed by atoms with E-state index in [2.05, 4.69) is 28.7 Å². The fourth-order valence-electron chi connectivity index (χ4n) is 2.98. The highest BCUT2D eigenvalue weighted by molar-refractivity contribution is 8.00. The van der Waals surface area contributed by atoms with Gasteiger partial charge in [-0.15, -0.1) is 0 Å². The van der Waals surface area contributed by atoms with Crippen molar-refractivity contribution in [2.45, 2.75) is 57.5 Å². The molecule has 6 nitrogen and oxygen atoms in total. The lowest BCUT2D eigenvalue weighted by atomic mass is 10.1. The van der Waals surface area contributed by atoms with E-state index in [1.54, 1.807) is 18.2 Å². The zero-order valence-electron chi connectivity index (χ0n) is 16.2. The Bertz CT molecular complexity index is 876. The number of benzene rings is 1. The van der Waals surface area contributed by atoms with Gasteiger partial charge in [-0.05, 0) is 45.4 Å². The number of nitrogens with one attached hydrogen (secondary N) is 1. The first-order valence-electron chi connectivity index (χ1n) is 9.22. The Morgan fingerprint density at radius 2 is 2.19 bits per heavy atom. The molecule has 0 saturated heterocycles. The fourth-order valence-corrected chi connectivity index (χ4v) is 4.08. The van der Waals surface area contributed by atoms with Crippen LogP contribution in [0.15, 0.2) is 23.4 Å². The van der Waals surface area contributed by atoms with E-state index in [0.717, 1.165) is 35.9 Å². The molecule has 1 aromatic heterocycles. The maximum Gasteiger partial charge on any atom is 0.262 e. The molecule has 2 heterocycles. The molecule has 144 valence electrons. The third-order valence-electron chi connectivity index (χ3n) is 4.71. The first kappa shape index (κ1) is 19.5. The molecular weight excluding hydrogens is 362 g/mol. The van der Waals surface area contributed by atoms with Crippen LogP contribution >= 0.6 is 11.8 Å². The number of carbonyl (C=O) groups is 2. The number of imidazole rings is 1. The summed E-state index contributed by atoms with van der Waals surface area (Å²) in [5.41, 5.74) is 3.26. The number of aryl methyl sites for hydroxylation is 1. The van der Waals surface area contributed by atoms with Crippen molar-refractivity contribution in [3.8, 4) is 5.75 Å². The second-order valence-corrected chi connectivity index (χ2v) is 8.05. The number of rotatable bonds is 7. The summed E-state index contributed by atoms with van der Waals surface area (Å²) in [7, 11) is 0. The standard InChI is InChI=1S/C20H25N3O3S/c1-5-6-9-23-13(3)12(2)21-20(23)27-14(4)19(25)15-7-8-17-16(10-15)22-18(24)11-26-17/h7-8,10,14H,5-6,9,11H2,1-4H3,(H,22,24). The number of ketones is 1. The van der Waals surface area contributed by atoms with E-state index in [1.807, 2.05) is 13.8 Å². The van der Waals surface area contributed by atoms with Crippen molar-refractivity contribution < 1.29 is 14.3 Å². The topological polar surface area (TPSA) is 73.2 Å². The number of amides is 1. The summed E-state index contributed by atoms with van der Waals surface area (Å²) in [6, 6.07) is 5.16. The van der Waals surface area contributed by atoms with Gasteiger partial charge in [0, 0.05) is 17.8 Å². The minimum Gasteiger partial charge on any atom is -0.482 e. The number of aromatic nitrogens is 2. The van der Waals surface area contributed by atoms with E-state index in [4.69, 9.17) is 4.74 Å². The average Bonchev–Trinajstić information content (AvgIpc) is 2.91. The van der Waals surface area contributed by atoms with Crippen molar-refractivity contribution in [2.24, 2.45) is 0 Å². The third kappa shape index (κ3) is 4.18. The smallest absolute Gasteiger partial charge is 0.262 e. The monoisotopic (exact) mass is 387 g/mol. The van der Waals surface area contributed by atoms with Crippen LogP contribution in [0.5, 0.6) is 5.75 Å². The predicted octanol–water partition coefficient (Wildman–Crippen LogP) is 3.99. The molecule has 0 saturated carbocycles. The molecule has 0 spiro atoms. The summed E-state index contributed by atoms with van der Waals surface area (Å²) in [6.45, 7) is 9.04. The van der Waals surface area contributed by atoms with Crippen molar-refractivity contribution in [1.82, 2.24) is 9.55 Å². The number of hydrogen-bond donors (Lipinski definition) is 1. The maximum absolute atomic E-state index is 12.9. The molecule has 1 aliphatic rings. The molecule has 0 bridgehead atoms. The highest BCUT2D eigenvalue weighted by Gasteiger charge is 2.23. The Kier molecular flexibility index (Phi) is 5.89. The number of Topliss-reactive ketones (excluding diaryl/α,β-unsaturated/α-hetero) is 1. The second kappa shape index (κ2) is 8.17. The Labute approximate surface area is 163 Å². The fraction of sp³-hybridized carbons (Fsp3) is 0.450. The van der Waals surface area contributed by atoms with Gasteiger partial charge in [0.05, 0.1) is 16.6 Å². The van der Waals surface area contributed by atoms with Crippen LogP contribution in [0, 0.1) is 13.8 Å². The van der Waals surface area contributed by atoms with Gasteiger partial charge in [0.1, 0.15) is 5.75 Å². The van der Waals surface area contributed by atoms with E-state index < -0.39 is 0 Å². The highest BCUT2D eigenvalue weighted by atomic mass is 32.2. The van der Waals surface area contributed by atoms with Crippen LogP contribution in [0.25, 0.3) is 0 Å². The molecule has 1 unspecified atom stereocenters. The summed E-state index contributed by atoms with van der Waals surface area (Å²) in [5.74, 6) is 0.384. The Balaban J connectivity index is 1.78. The van der Waals surface area contributed by atoms with E-state index in [-0.39, 0.29) is 23.5 Å². The summed E-state index contributed by atoms with van der Waals surface area (Å²) < 4.78 is 7.56. The van der Waals surface area contributed by atoms with Gasteiger partial charge in [0.2, 0.25) is 0 Å². The molecule has 27 heavy (non-hydrogen) atoms. The second-order valence-electron chi connectivity index (χ2n) is 6.74. The number of hydrogen-bond acceptors (Lipinski definition) is 5. The lowest BCUT2D eigenvalue weighted by molar-refractivity contribution is -0.118. The van der Waals surface area contributed by atoms with Crippen molar-refractivity contribution in [1.29, 1.82) is 0 Å². The van der Waals surface area contributed by atoms with Crippen LogP contribution in [0.3, 0.4) is 0 Å². The first-order chi connectivity index (χ1) is 12.9. The summed E-state index contributed by atoms with van der Waals surface area (Å²) in [5, 5.41) is 3.34. The van der Waals surface area contributed by atoms with Crippen LogP contribution in [0.2, 0.25) is 0 Å². The van der Waals surface area contributed by atoms with Crippen molar-refractivity contribution in [3.05, 3.63) is 35.2 Å². The van der Waals surface area contributed by atoms with E-state index in [9.17, 15) is 9.59 Å². The minimum absolute atomic E-state index is 0.00275. The van der Waals surface area contributed by atoms with E-state index in [1.165, 1.54) is 11.8 Å². The number of ether oxygens (including phenoxy) is 1. The van der Waals surface area contributed by atoms with E-state index in [0.29, 0.717) is 17.0 Å². The molecule has 0 fully saturated rings. The van der Waals surface area contributed by atoms with Gasteiger partial charge in [-0.1, -0.05) is 25.1 Å². The van der Waals surface area contributed by atoms with Gasteiger partial charge in [-0.25, -0.2) is 4.98 Å². The number of thioether (sulfide) groups is 1. The number of carbonyl (C=O) groups excluding carboxylic acids is 2. The quantitative estimate of drug-likeness (QED) is 0.574. The molecule has 0 radical (unpaired) electrons. The molecular formula is C20H25N3O3S. The van der Waals surface area contributed by atoms with Crippen molar-refractivity contribution in [2.75, 3.05) is 11.9 Å². The zero-order valence-corrected chi connectivity index (χ0v) is 17.0. The minimum atomic E-state index is -0.287. The molecule has 1 aliphatic heterocycles. The Hall–Kier alpha value is -2.28. The molecule has 0 aliphatic carbocycles. The molecule has 1 amide bonds. The van der Waals surface area contributed by atoms with Gasteiger partial charge in [0.25, 0.3) is 5.91 Å². The summed E-state index contributed by atoms with van der Waals surface area (Å²) in [6.07, 6.45) is 2.19. The van der Waals surface area contributed by atoms with Gasteiger partial charge < -0.3 is 14.6 Å². The third-order valence-corrected chi connectivity index (χ3v) is 5.80. The Morgan fingerprint density at radius 1 is 1.41 bits per heavy atom. The van der Waals surface area contributed by atoms with Crippen LogP contribution in [-0.2, 0) is 11.3 Å². The van der Waals surface area contributed by atoms with E-state index >= 15 is 0 Å². The van der Waals surface area contributed by atoms with Gasteiger partial charge in [-0.3, -0.25) is 9.59 Å². The maximum atomic E-state index is 12.9. The lowest BCUT2D eigenvalue weighted by Gasteiger charge is -2.19.